The first kappa shape index (κ1) is 26.5. The number of hydrogen-bond acceptors (Lipinski definition) is 10. The van der Waals surface area contributed by atoms with E-state index < -0.39 is 29.8 Å². The molecule has 0 saturated carbocycles. The Bertz CT molecular complexity index is 1360. The zero-order valence-corrected chi connectivity index (χ0v) is 20.9. The molecule has 3 heterocycles. The number of nitrogens with one attached hydrogen (secondary N) is 5. The molecule has 0 radical (unpaired) electrons. The summed E-state index contributed by atoms with van der Waals surface area (Å²) in [6.45, 7) is 0.945. The number of amides is 1. The Hall–Kier alpha value is -4.59. The molecule has 0 bridgehead atoms. The number of carboxylic acid groups (broad SMARTS) is 2. The number of hydrogen-bond donors (Lipinski definition) is 8. The van der Waals surface area contributed by atoms with Crippen LogP contribution in [0.5, 0.6) is 0 Å². The van der Waals surface area contributed by atoms with Crippen molar-refractivity contribution in [2.75, 3.05) is 34.8 Å². The SMILES string of the molecule is Nc1nc2c(c(=O)[nH]1)NC(CNc1ccc(C(=O)NC(CC(Cc3cccs3)C(=O)O)C(=O)O)cc1)CN2. The molecule has 0 spiro atoms. The molecule has 38 heavy (non-hydrogen) atoms. The van der Waals surface area contributed by atoms with Crippen LogP contribution >= 0.6 is 11.3 Å². The maximum Gasteiger partial charge on any atom is 0.326 e. The monoisotopic (exact) mass is 541 g/mol. The third-order valence-electron chi connectivity index (χ3n) is 6.00. The molecule has 3 unspecified atom stereocenters. The fraction of sp³-hybridized carbons (Fsp3) is 0.292. The number of H-pyrrole nitrogens is 1. The van der Waals surface area contributed by atoms with E-state index in [4.69, 9.17) is 5.73 Å². The van der Waals surface area contributed by atoms with E-state index >= 15 is 0 Å². The van der Waals surface area contributed by atoms with E-state index in [9.17, 15) is 29.4 Å². The normalized spacial score (nSPS) is 15.7. The summed E-state index contributed by atoms with van der Waals surface area (Å²) in [6.07, 6.45) is -0.0621. The Labute approximate surface area is 220 Å². The number of aliphatic carboxylic acids is 2. The average molecular weight is 542 g/mol. The highest BCUT2D eigenvalue weighted by Crippen LogP contribution is 2.21. The molecule has 1 aliphatic rings. The predicted molar refractivity (Wildman–Crippen MR) is 143 cm³/mol. The van der Waals surface area contributed by atoms with Crippen molar-refractivity contribution in [1.29, 1.82) is 0 Å². The highest BCUT2D eigenvalue weighted by atomic mass is 32.1. The minimum absolute atomic E-state index is 0.0264. The lowest BCUT2D eigenvalue weighted by Gasteiger charge is -2.27. The molecule has 0 saturated heterocycles. The van der Waals surface area contributed by atoms with Crippen LogP contribution < -0.4 is 32.6 Å². The van der Waals surface area contributed by atoms with Crippen LogP contribution in [0.3, 0.4) is 0 Å². The number of carboxylic acids is 2. The molecule has 4 rings (SSSR count). The Kier molecular flexibility index (Phi) is 8.11. The first-order valence-corrected chi connectivity index (χ1v) is 12.6. The van der Waals surface area contributed by atoms with Crippen molar-refractivity contribution in [3.05, 3.63) is 62.6 Å². The predicted octanol–water partition coefficient (Wildman–Crippen LogP) is 1.25. The number of carbonyl (C=O) groups is 3. The van der Waals surface area contributed by atoms with Gasteiger partial charge >= 0.3 is 11.9 Å². The molecule has 0 aliphatic carbocycles. The summed E-state index contributed by atoms with van der Waals surface area (Å²) in [5, 5.41) is 32.8. The van der Waals surface area contributed by atoms with E-state index in [1.54, 1.807) is 24.3 Å². The van der Waals surface area contributed by atoms with Gasteiger partial charge in [0.2, 0.25) is 5.95 Å². The van der Waals surface area contributed by atoms with E-state index in [2.05, 4.69) is 31.2 Å². The van der Waals surface area contributed by atoms with Crippen LogP contribution in [0.15, 0.2) is 46.6 Å². The van der Waals surface area contributed by atoms with Gasteiger partial charge in [0.25, 0.3) is 11.5 Å². The van der Waals surface area contributed by atoms with Crippen LogP contribution in [-0.2, 0) is 16.0 Å². The number of benzene rings is 1. The number of fused-ring (bicyclic) bond motifs is 1. The fourth-order valence-electron chi connectivity index (χ4n) is 4.02. The van der Waals surface area contributed by atoms with E-state index in [0.717, 1.165) is 4.88 Å². The van der Waals surface area contributed by atoms with Crippen molar-refractivity contribution in [1.82, 2.24) is 15.3 Å². The molecule has 13 nitrogen and oxygen atoms in total. The maximum absolute atomic E-state index is 12.7. The van der Waals surface area contributed by atoms with Gasteiger partial charge in [-0.2, -0.15) is 4.98 Å². The molecule has 0 fully saturated rings. The van der Waals surface area contributed by atoms with E-state index in [-0.39, 0.29) is 36.0 Å². The van der Waals surface area contributed by atoms with Gasteiger partial charge < -0.3 is 37.2 Å². The van der Waals surface area contributed by atoms with Crippen LogP contribution in [0.1, 0.15) is 21.7 Å². The Morgan fingerprint density at radius 3 is 2.58 bits per heavy atom. The number of anilines is 4. The van der Waals surface area contributed by atoms with E-state index in [1.807, 2.05) is 5.38 Å². The molecule has 1 aromatic carbocycles. The lowest BCUT2D eigenvalue weighted by molar-refractivity contribution is -0.144. The second kappa shape index (κ2) is 11.6. The highest BCUT2D eigenvalue weighted by molar-refractivity contribution is 7.09. The summed E-state index contributed by atoms with van der Waals surface area (Å²) >= 11 is 1.39. The summed E-state index contributed by atoms with van der Waals surface area (Å²) in [5.74, 6) is -3.59. The summed E-state index contributed by atoms with van der Waals surface area (Å²) in [5.41, 5.74) is 6.42. The van der Waals surface area contributed by atoms with Gasteiger partial charge in [0.15, 0.2) is 5.82 Å². The number of aromatic amines is 1. The number of nitrogen functional groups attached to an aromatic ring is 1. The third-order valence-corrected chi connectivity index (χ3v) is 6.90. The molecular weight excluding hydrogens is 514 g/mol. The number of carbonyl (C=O) groups excluding carboxylic acids is 1. The van der Waals surface area contributed by atoms with Gasteiger partial charge in [0, 0.05) is 29.2 Å². The van der Waals surface area contributed by atoms with Gasteiger partial charge in [-0.05, 0) is 48.6 Å². The molecule has 3 aromatic rings. The minimum Gasteiger partial charge on any atom is -0.481 e. The number of thiophene rings is 1. The van der Waals surface area contributed by atoms with Crippen LogP contribution in [0.2, 0.25) is 0 Å². The average Bonchev–Trinajstić information content (AvgIpc) is 3.40. The number of rotatable bonds is 11. The van der Waals surface area contributed by atoms with Gasteiger partial charge in [0.1, 0.15) is 11.7 Å². The van der Waals surface area contributed by atoms with Gasteiger partial charge in [0.05, 0.1) is 12.0 Å². The zero-order valence-electron chi connectivity index (χ0n) is 20.1. The first-order chi connectivity index (χ1) is 18.2. The van der Waals surface area contributed by atoms with Gasteiger partial charge in [-0.15, -0.1) is 11.3 Å². The van der Waals surface area contributed by atoms with E-state index in [1.165, 1.54) is 23.5 Å². The topological polar surface area (TPSA) is 212 Å². The molecule has 3 atom stereocenters. The Morgan fingerprint density at radius 1 is 1.16 bits per heavy atom. The summed E-state index contributed by atoms with van der Waals surface area (Å²) in [4.78, 5) is 55.6. The number of nitrogens with two attached hydrogens (primary N) is 1. The van der Waals surface area contributed by atoms with Crippen molar-refractivity contribution in [2.24, 2.45) is 5.92 Å². The van der Waals surface area contributed by atoms with E-state index in [0.29, 0.717) is 30.3 Å². The highest BCUT2D eigenvalue weighted by Gasteiger charge is 2.29. The molecular formula is C24H27N7O6S. The van der Waals surface area contributed by atoms with Crippen LogP contribution in [0, 0.1) is 5.92 Å². The first-order valence-electron chi connectivity index (χ1n) is 11.7. The van der Waals surface area contributed by atoms with Gasteiger partial charge in [-0.25, -0.2) is 4.79 Å². The Balaban J connectivity index is 1.32. The standard InChI is InChI=1S/C24H27N7O6S/c25-24-30-19-18(21(33)31-24)28-15(11-27-19)10-26-14-5-3-12(4-6-14)20(32)29-17(23(36)37)9-13(22(34)35)8-16-2-1-7-38-16/h1-7,13,15,17,26,28H,8-11H2,(H,29,32)(H,34,35)(H,36,37)(H4,25,27,30,31,33). The maximum atomic E-state index is 12.7. The lowest BCUT2D eigenvalue weighted by atomic mass is 9.95. The molecule has 200 valence electrons. The largest absolute Gasteiger partial charge is 0.481 e. The summed E-state index contributed by atoms with van der Waals surface area (Å²) in [6, 6.07) is 8.50. The molecule has 9 N–H and O–H groups in total. The zero-order chi connectivity index (χ0) is 27.2. The lowest BCUT2D eigenvalue weighted by Crippen LogP contribution is -2.43. The second-order valence-electron chi connectivity index (χ2n) is 8.77. The number of nitrogens with zero attached hydrogens (tertiary/aromatic N) is 1. The molecule has 1 aliphatic heterocycles. The molecule has 1 amide bonds. The molecule has 14 heteroatoms. The van der Waals surface area contributed by atoms with Crippen LogP contribution in [0.25, 0.3) is 0 Å². The Morgan fingerprint density at radius 2 is 1.92 bits per heavy atom. The molecule has 2 aromatic heterocycles. The summed E-state index contributed by atoms with van der Waals surface area (Å²) < 4.78 is 0. The second-order valence-corrected chi connectivity index (χ2v) is 9.81. The minimum atomic E-state index is -1.36. The smallest absolute Gasteiger partial charge is 0.326 e. The summed E-state index contributed by atoms with van der Waals surface area (Å²) in [7, 11) is 0. The van der Waals surface area contributed by atoms with Crippen LogP contribution in [-0.4, -0.2) is 63.2 Å². The van der Waals surface area contributed by atoms with Gasteiger partial charge in [-0.3, -0.25) is 19.4 Å². The van der Waals surface area contributed by atoms with Crippen molar-refractivity contribution < 1.29 is 24.6 Å². The fourth-order valence-corrected chi connectivity index (χ4v) is 4.81. The number of aromatic nitrogens is 2. The van der Waals surface area contributed by atoms with Crippen LogP contribution in [0.4, 0.5) is 23.1 Å². The van der Waals surface area contributed by atoms with Crippen molar-refractivity contribution in [3.63, 3.8) is 0 Å². The van der Waals surface area contributed by atoms with Crippen molar-refractivity contribution >= 4 is 52.3 Å². The quantitative estimate of drug-likeness (QED) is 0.173. The van der Waals surface area contributed by atoms with Crippen molar-refractivity contribution in [3.8, 4) is 0 Å². The van der Waals surface area contributed by atoms with Gasteiger partial charge in [-0.1, -0.05) is 6.07 Å². The van der Waals surface area contributed by atoms with Crippen molar-refractivity contribution in [2.45, 2.75) is 24.9 Å². The third kappa shape index (κ3) is 6.59.